The summed E-state index contributed by atoms with van der Waals surface area (Å²) < 4.78 is 13.7. The fraction of sp³-hybridized carbons (Fsp3) is 0.357. The van der Waals surface area contributed by atoms with Gasteiger partial charge in [0.15, 0.2) is 0 Å². The third-order valence-corrected chi connectivity index (χ3v) is 3.62. The van der Waals surface area contributed by atoms with Crippen LogP contribution in [0.3, 0.4) is 0 Å². The van der Waals surface area contributed by atoms with E-state index in [4.69, 9.17) is 17.3 Å². The second-order valence-corrected chi connectivity index (χ2v) is 5.19. The molecule has 0 aromatic heterocycles. The maximum absolute atomic E-state index is 13.7. The number of hydrogen-bond donors (Lipinski definition) is 1. The van der Waals surface area contributed by atoms with Crippen molar-refractivity contribution in [3.05, 3.63) is 46.8 Å². The van der Waals surface area contributed by atoms with Crippen molar-refractivity contribution < 1.29 is 9.18 Å². The van der Waals surface area contributed by atoms with Gasteiger partial charge in [0.25, 0.3) is 0 Å². The maximum atomic E-state index is 13.7. The first-order valence-electron chi connectivity index (χ1n) is 6.11. The Balaban J connectivity index is 2.07. The highest BCUT2D eigenvalue weighted by Crippen LogP contribution is 2.23. The van der Waals surface area contributed by atoms with Gasteiger partial charge >= 0.3 is 0 Å². The summed E-state index contributed by atoms with van der Waals surface area (Å²) in [4.78, 5) is 13.7. The van der Waals surface area contributed by atoms with E-state index in [2.05, 4.69) is 0 Å². The molecule has 0 radical (unpaired) electrons. The monoisotopic (exact) mass is 282 g/mol. The molecule has 0 saturated heterocycles. The second-order valence-electron chi connectivity index (χ2n) is 4.79. The Morgan fingerprint density at radius 1 is 1.53 bits per heavy atom. The molecule has 0 saturated carbocycles. The Kier molecular flexibility index (Phi) is 4.22. The highest BCUT2D eigenvalue weighted by atomic mass is 35.5. The molecule has 0 aliphatic heterocycles. The summed E-state index contributed by atoms with van der Waals surface area (Å²) in [5.41, 5.74) is 6.06. The summed E-state index contributed by atoms with van der Waals surface area (Å²) >= 11 is 5.95. The first-order valence-corrected chi connectivity index (χ1v) is 6.48. The molecule has 2 atom stereocenters. The molecule has 102 valence electrons. The van der Waals surface area contributed by atoms with Crippen LogP contribution in [-0.4, -0.2) is 23.9 Å². The van der Waals surface area contributed by atoms with Gasteiger partial charge in [-0.3, -0.25) is 4.79 Å². The van der Waals surface area contributed by atoms with Gasteiger partial charge in [-0.15, -0.1) is 0 Å². The minimum atomic E-state index is -0.397. The zero-order chi connectivity index (χ0) is 14.0. The zero-order valence-corrected chi connectivity index (χ0v) is 11.4. The SMILES string of the molecule is CN(Cc1c(F)cccc1Cl)C(=O)C1C=CC(N)C1. The first kappa shape index (κ1) is 14.0. The van der Waals surface area contributed by atoms with Crippen LogP contribution in [0, 0.1) is 11.7 Å². The van der Waals surface area contributed by atoms with Crippen molar-refractivity contribution in [2.24, 2.45) is 11.7 Å². The van der Waals surface area contributed by atoms with E-state index in [1.165, 1.54) is 11.0 Å². The fourth-order valence-electron chi connectivity index (χ4n) is 2.19. The molecule has 1 aromatic carbocycles. The Morgan fingerprint density at radius 3 is 2.84 bits per heavy atom. The number of hydrogen-bond acceptors (Lipinski definition) is 2. The molecule has 0 heterocycles. The van der Waals surface area contributed by atoms with E-state index in [0.29, 0.717) is 17.0 Å². The number of nitrogens with zero attached hydrogens (tertiary/aromatic N) is 1. The van der Waals surface area contributed by atoms with Gasteiger partial charge in [0.2, 0.25) is 5.91 Å². The Hall–Kier alpha value is -1.39. The van der Waals surface area contributed by atoms with Gasteiger partial charge in [-0.25, -0.2) is 4.39 Å². The molecule has 0 spiro atoms. The molecule has 1 amide bonds. The molecular weight excluding hydrogens is 267 g/mol. The lowest BCUT2D eigenvalue weighted by molar-refractivity contribution is -0.133. The van der Waals surface area contributed by atoms with Crippen LogP contribution in [0.5, 0.6) is 0 Å². The third-order valence-electron chi connectivity index (χ3n) is 3.27. The summed E-state index contributed by atoms with van der Waals surface area (Å²) in [5.74, 6) is -0.681. The van der Waals surface area contributed by atoms with Crippen LogP contribution in [0.4, 0.5) is 4.39 Å². The van der Waals surface area contributed by atoms with Gasteiger partial charge in [-0.1, -0.05) is 29.8 Å². The molecule has 0 bridgehead atoms. The molecule has 0 fully saturated rings. The van der Waals surface area contributed by atoms with Gasteiger partial charge in [0, 0.05) is 30.2 Å². The first-order chi connectivity index (χ1) is 8.99. The number of benzene rings is 1. The largest absolute Gasteiger partial charge is 0.341 e. The van der Waals surface area contributed by atoms with Crippen LogP contribution in [0.2, 0.25) is 5.02 Å². The number of carbonyl (C=O) groups is 1. The van der Waals surface area contributed by atoms with Crippen molar-refractivity contribution in [3.63, 3.8) is 0 Å². The van der Waals surface area contributed by atoms with Crippen molar-refractivity contribution in [3.8, 4) is 0 Å². The summed E-state index contributed by atoms with van der Waals surface area (Å²) in [5, 5.41) is 0.332. The smallest absolute Gasteiger partial charge is 0.229 e. The molecule has 19 heavy (non-hydrogen) atoms. The normalized spacial score (nSPS) is 21.7. The summed E-state index contributed by atoms with van der Waals surface area (Å²) in [6, 6.07) is 4.43. The second kappa shape index (κ2) is 5.72. The molecule has 2 rings (SSSR count). The van der Waals surface area contributed by atoms with E-state index in [9.17, 15) is 9.18 Å². The van der Waals surface area contributed by atoms with Gasteiger partial charge in [0.05, 0.1) is 5.92 Å². The zero-order valence-electron chi connectivity index (χ0n) is 10.6. The van der Waals surface area contributed by atoms with Crippen LogP contribution in [-0.2, 0) is 11.3 Å². The van der Waals surface area contributed by atoms with Crippen molar-refractivity contribution >= 4 is 17.5 Å². The molecule has 1 aromatic rings. The molecule has 1 aliphatic carbocycles. The average molecular weight is 283 g/mol. The van der Waals surface area contributed by atoms with Gasteiger partial charge in [0.1, 0.15) is 5.82 Å². The van der Waals surface area contributed by atoms with Crippen LogP contribution < -0.4 is 5.73 Å². The van der Waals surface area contributed by atoms with E-state index < -0.39 is 5.82 Å². The predicted octanol–water partition coefficient (Wildman–Crippen LogP) is 2.34. The number of halogens is 2. The molecule has 2 N–H and O–H groups in total. The van der Waals surface area contributed by atoms with Crippen LogP contribution in [0.25, 0.3) is 0 Å². The number of rotatable bonds is 3. The molecule has 5 heteroatoms. The van der Waals surface area contributed by atoms with E-state index in [-0.39, 0.29) is 24.4 Å². The quantitative estimate of drug-likeness (QED) is 0.865. The lowest BCUT2D eigenvalue weighted by atomic mass is 10.1. The number of nitrogens with two attached hydrogens (primary N) is 1. The van der Waals surface area contributed by atoms with Crippen molar-refractivity contribution in [2.75, 3.05) is 7.05 Å². The Labute approximate surface area is 116 Å². The minimum absolute atomic E-state index is 0.0662. The van der Waals surface area contributed by atoms with E-state index in [0.717, 1.165) is 0 Å². The third kappa shape index (κ3) is 3.14. The van der Waals surface area contributed by atoms with Crippen molar-refractivity contribution in [1.29, 1.82) is 0 Å². The lowest BCUT2D eigenvalue weighted by Crippen LogP contribution is -2.32. The van der Waals surface area contributed by atoms with E-state index in [1.54, 1.807) is 19.2 Å². The van der Waals surface area contributed by atoms with Crippen LogP contribution in [0.15, 0.2) is 30.4 Å². The maximum Gasteiger partial charge on any atom is 0.229 e. The molecule has 1 aliphatic rings. The molecular formula is C14H16ClFN2O. The van der Waals surface area contributed by atoms with E-state index >= 15 is 0 Å². The fourth-order valence-corrected chi connectivity index (χ4v) is 2.41. The van der Waals surface area contributed by atoms with Crippen molar-refractivity contribution in [1.82, 2.24) is 4.90 Å². The van der Waals surface area contributed by atoms with Gasteiger partial charge in [-0.05, 0) is 18.6 Å². The Bertz CT molecular complexity index is 498. The standard InChI is InChI=1S/C14H16ClFN2O/c1-18(14(19)9-5-6-10(17)7-9)8-11-12(15)3-2-4-13(11)16/h2-6,9-10H,7-8,17H2,1H3. The summed E-state index contributed by atoms with van der Waals surface area (Å²) in [7, 11) is 1.64. The number of amides is 1. The minimum Gasteiger partial charge on any atom is -0.341 e. The van der Waals surface area contributed by atoms with E-state index in [1.807, 2.05) is 12.2 Å². The molecule has 2 unspecified atom stereocenters. The summed E-state index contributed by atoms with van der Waals surface area (Å²) in [6.07, 6.45) is 4.24. The number of carbonyl (C=O) groups excluding carboxylic acids is 1. The highest BCUT2D eigenvalue weighted by Gasteiger charge is 2.26. The van der Waals surface area contributed by atoms with Crippen LogP contribution >= 0.6 is 11.6 Å². The molecule has 3 nitrogen and oxygen atoms in total. The lowest BCUT2D eigenvalue weighted by Gasteiger charge is -2.21. The topological polar surface area (TPSA) is 46.3 Å². The average Bonchev–Trinajstić information content (AvgIpc) is 2.79. The van der Waals surface area contributed by atoms with Crippen LogP contribution in [0.1, 0.15) is 12.0 Å². The predicted molar refractivity (Wildman–Crippen MR) is 73.1 cm³/mol. The Morgan fingerprint density at radius 2 is 2.26 bits per heavy atom. The summed E-state index contributed by atoms with van der Waals surface area (Å²) in [6.45, 7) is 0.157. The highest BCUT2D eigenvalue weighted by molar-refractivity contribution is 6.31. The van der Waals surface area contributed by atoms with Gasteiger partial charge in [-0.2, -0.15) is 0 Å². The van der Waals surface area contributed by atoms with Crippen molar-refractivity contribution in [2.45, 2.75) is 19.0 Å². The van der Waals surface area contributed by atoms with Gasteiger partial charge < -0.3 is 10.6 Å².